The van der Waals surface area contributed by atoms with Crippen LogP contribution in [0.15, 0.2) is 43.0 Å². The Morgan fingerprint density at radius 3 is 1.70 bits per heavy atom. The van der Waals surface area contributed by atoms with E-state index in [1.807, 2.05) is 0 Å². The van der Waals surface area contributed by atoms with E-state index in [0.29, 0.717) is 12.1 Å². The topological polar surface area (TPSA) is 227 Å². The fourth-order valence-electron chi connectivity index (χ4n) is 5.33. The van der Waals surface area contributed by atoms with E-state index in [1.54, 1.807) is 6.07 Å². The molecule has 1 aromatic carbocycles. The van der Waals surface area contributed by atoms with Gasteiger partial charge in [0.25, 0.3) is 0 Å². The molecule has 6 N–H and O–H groups in total. The second-order valence-electron chi connectivity index (χ2n) is 10.5. The van der Waals surface area contributed by atoms with E-state index in [1.165, 1.54) is 23.3 Å². The summed E-state index contributed by atoms with van der Waals surface area (Å²) in [6.07, 6.45) is -3.17. The van der Waals surface area contributed by atoms with Crippen LogP contribution >= 0.6 is 11.8 Å². The number of benzene rings is 1. The zero-order valence-corrected chi connectivity index (χ0v) is 24.2. The first kappa shape index (κ1) is 32.3. The number of aliphatic hydroxyl groups excluding tert-OH is 6. The average molecular weight is 669 g/mol. The Labute approximate surface area is 261 Å². The minimum Gasteiger partial charge on any atom is -0.394 e. The Morgan fingerprint density at radius 2 is 1.20 bits per heavy atom. The Kier molecular flexibility index (Phi) is 9.32. The maximum absolute atomic E-state index is 13.8. The fraction of sp³-hybridized carbons (Fsp3) is 0.462. The van der Waals surface area contributed by atoms with Gasteiger partial charge in [0.15, 0.2) is 23.3 Å². The van der Waals surface area contributed by atoms with Crippen LogP contribution in [0, 0.1) is 17.5 Å². The Balaban J connectivity index is 1.25. The number of halogens is 3. The van der Waals surface area contributed by atoms with Crippen LogP contribution < -0.4 is 0 Å². The summed E-state index contributed by atoms with van der Waals surface area (Å²) in [5, 5.41) is 80.2. The van der Waals surface area contributed by atoms with Crippen LogP contribution in [-0.4, -0.2) is 131 Å². The number of hydrogen-bond acceptors (Lipinski definition) is 15. The van der Waals surface area contributed by atoms with E-state index < -0.39 is 90.2 Å². The van der Waals surface area contributed by atoms with Crippen LogP contribution in [0.2, 0.25) is 0 Å². The molecule has 5 heterocycles. The Bertz CT molecular complexity index is 1630. The smallest absolute Gasteiger partial charge is 0.194 e. The van der Waals surface area contributed by atoms with Gasteiger partial charge in [-0.15, -0.1) is 10.2 Å². The summed E-state index contributed by atoms with van der Waals surface area (Å²) in [6, 6.07) is 0.454. The zero-order chi connectivity index (χ0) is 32.7. The number of aromatic nitrogens is 8. The van der Waals surface area contributed by atoms with Gasteiger partial charge in [-0.05, 0) is 18.2 Å². The average Bonchev–Trinajstić information content (AvgIpc) is 3.74. The van der Waals surface area contributed by atoms with Crippen LogP contribution in [0.3, 0.4) is 0 Å². The molecule has 46 heavy (non-hydrogen) atoms. The third-order valence-corrected chi connectivity index (χ3v) is 8.99. The highest BCUT2D eigenvalue weighted by Gasteiger charge is 2.51. The maximum atomic E-state index is 13.8. The van der Waals surface area contributed by atoms with Gasteiger partial charge in [-0.3, -0.25) is 0 Å². The second-order valence-corrected chi connectivity index (χ2v) is 11.7. The van der Waals surface area contributed by atoms with E-state index in [4.69, 9.17) is 9.47 Å². The van der Waals surface area contributed by atoms with Crippen molar-refractivity contribution in [3.8, 4) is 22.8 Å². The molecule has 4 aromatic rings. The summed E-state index contributed by atoms with van der Waals surface area (Å²) in [5.41, 5.74) is -2.65. The lowest BCUT2D eigenvalue weighted by molar-refractivity contribution is -0.189. The molecule has 2 saturated heterocycles. The maximum Gasteiger partial charge on any atom is 0.194 e. The van der Waals surface area contributed by atoms with Gasteiger partial charge >= 0.3 is 0 Å². The van der Waals surface area contributed by atoms with Crippen LogP contribution in [0.25, 0.3) is 22.8 Å². The van der Waals surface area contributed by atoms with Crippen LogP contribution in [0.5, 0.6) is 0 Å². The third kappa shape index (κ3) is 5.98. The number of nitrogens with zero attached hydrogens (tertiary/aromatic N) is 8. The minimum absolute atomic E-state index is 0.116. The minimum atomic E-state index is -1.67. The predicted octanol–water partition coefficient (Wildman–Crippen LogP) is -1.20. The lowest BCUT2D eigenvalue weighted by Gasteiger charge is -2.46. The van der Waals surface area contributed by atoms with Crippen molar-refractivity contribution in [1.29, 1.82) is 0 Å². The summed E-state index contributed by atoms with van der Waals surface area (Å²) in [4.78, 5) is 8.19. The molecule has 16 nitrogen and oxygen atoms in total. The molecule has 0 saturated carbocycles. The SMILES string of the molecule is OCC1O[C@@H](S[C@@H]2O[C@H](CO)C(O)C(n3cc(-c4ncccn4)nn3)[C@H]2O)[C@@H](O)C(n2cc(-c3cc(F)c(F)c(F)c3)nn2)[C@H]1O. The van der Waals surface area contributed by atoms with E-state index in [-0.39, 0.29) is 22.8 Å². The number of thioether (sulfide) groups is 1. The van der Waals surface area contributed by atoms with Gasteiger partial charge < -0.3 is 40.1 Å². The Hall–Kier alpha value is -3.60. The van der Waals surface area contributed by atoms with E-state index >= 15 is 0 Å². The molecule has 6 rings (SSSR count). The van der Waals surface area contributed by atoms with Gasteiger partial charge in [0, 0.05) is 18.0 Å². The van der Waals surface area contributed by atoms with E-state index in [9.17, 15) is 43.8 Å². The number of rotatable bonds is 8. The lowest BCUT2D eigenvalue weighted by atomic mass is 9.97. The van der Waals surface area contributed by atoms with Crippen molar-refractivity contribution in [3.63, 3.8) is 0 Å². The van der Waals surface area contributed by atoms with Gasteiger partial charge in [-0.2, -0.15) is 0 Å². The second kappa shape index (κ2) is 13.3. The third-order valence-electron chi connectivity index (χ3n) is 7.67. The zero-order valence-electron chi connectivity index (χ0n) is 23.3. The van der Waals surface area contributed by atoms with Crippen LogP contribution in [0.4, 0.5) is 13.2 Å². The molecule has 3 aromatic heterocycles. The molecule has 246 valence electrons. The predicted molar refractivity (Wildman–Crippen MR) is 148 cm³/mol. The molecule has 20 heteroatoms. The largest absolute Gasteiger partial charge is 0.394 e. The summed E-state index contributed by atoms with van der Waals surface area (Å²) < 4.78 is 54.8. The fourth-order valence-corrected chi connectivity index (χ4v) is 6.65. The summed E-state index contributed by atoms with van der Waals surface area (Å²) in [6.45, 7) is -1.37. The molecule has 0 spiro atoms. The normalized spacial score (nSPS) is 31.7. The summed E-state index contributed by atoms with van der Waals surface area (Å²) in [7, 11) is 0. The Morgan fingerprint density at radius 1 is 0.717 bits per heavy atom. The number of aliphatic hydroxyl groups is 6. The molecular weight excluding hydrogens is 641 g/mol. The highest BCUT2D eigenvalue weighted by Crippen LogP contribution is 2.42. The first-order chi connectivity index (χ1) is 22.1. The van der Waals surface area contributed by atoms with Gasteiger partial charge in [-0.25, -0.2) is 32.5 Å². The van der Waals surface area contributed by atoms with Crippen molar-refractivity contribution in [2.24, 2.45) is 0 Å². The van der Waals surface area contributed by atoms with Gasteiger partial charge in [0.1, 0.15) is 71.0 Å². The first-order valence-electron chi connectivity index (χ1n) is 13.8. The molecule has 2 fully saturated rings. The van der Waals surface area contributed by atoms with Crippen molar-refractivity contribution in [2.75, 3.05) is 13.2 Å². The lowest BCUT2D eigenvalue weighted by Crippen LogP contribution is -2.58. The van der Waals surface area contributed by atoms with Gasteiger partial charge in [-0.1, -0.05) is 22.2 Å². The summed E-state index contributed by atoms with van der Waals surface area (Å²) >= 11 is 0.731. The van der Waals surface area contributed by atoms with Crippen LogP contribution in [-0.2, 0) is 9.47 Å². The van der Waals surface area contributed by atoms with Crippen molar-refractivity contribution in [2.45, 2.75) is 59.6 Å². The molecule has 2 aliphatic heterocycles. The van der Waals surface area contributed by atoms with Crippen molar-refractivity contribution in [3.05, 3.63) is 60.4 Å². The standard InChI is InChI=1S/C26H27F3N8O8S/c27-11-4-10(5-12(28)17(11)29)13-6-36(34-32-13)18-20(40)15(8-38)44-25(22(18)42)46-26-23(43)19(21(41)16(9-39)45-26)37-7-14(33-35-37)24-30-2-1-3-31-24/h1-7,15-16,18-23,25-26,38-43H,8-9H2/t15?,16-,18?,19?,20+,21?,22+,23-,25+,26+/m1/s1. The number of hydrogen-bond donors (Lipinski definition) is 6. The highest BCUT2D eigenvalue weighted by atomic mass is 32.2. The van der Waals surface area contributed by atoms with E-state index in [2.05, 4.69) is 30.6 Å². The molecular formula is C26H27F3N8O8S. The molecule has 0 amide bonds. The van der Waals surface area contributed by atoms with Crippen molar-refractivity contribution >= 4 is 11.8 Å². The monoisotopic (exact) mass is 668 g/mol. The number of ether oxygens (including phenoxy) is 2. The van der Waals surface area contributed by atoms with Gasteiger partial charge in [0.05, 0.1) is 25.6 Å². The molecule has 0 radical (unpaired) electrons. The molecule has 2 aliphatic rings. The summed E-state index contributed by atoms with van der Waals surface area (Å²) in [5.74, 6) is -4.35. The van der Waals surface area contributed by atoms with Gasteiger partial charge in [0.2, 0.25) is 0 Å². The molecule has 0 aliphatic carbocycles. The molecule has 4 unspecified atom stereocenters. The first-order valence-corrected chi connectivity index (χ1v) is 14.7. The highest BCUT2D eigenvalue weighted by molar-refractivity contribution is 8.00. The molecule has 0 bridgehead atoms. The van der Waals surface area contributed by atoms with Crippen LogP contribution in [0.1, 0.15) is 12.1 Å². The van der Waals surface area contributed by atoms with E-state index in [0.717, 1.165) is 22.6 Å². The quantitative estimate of drug-likeness (QED) is 0.121. The van der Waals surface area contributed by atoms with Crippen molar-refractivity contribution < 1.29 is 53.3 Å². The van der Waals surface area contributed by atoms with Crippen molar-refractivity contribution in [1.82, 2.24) is 40.0 Å². The molecule has 10 atom stereocenters.